The molecule has 4 nitrogen and oxygen atoms in total. The van der Waals surface area contributed by atoms with Crippen molar-refractivity contribution in [3.05, 3.63) is 98.8 Å². The molecule has 0 aliphatic rings. The third-order valence-corrected chi connectivity index (χ3v) is 5.27. The Kier molecular flexibility index (Phi) is 7.22. The van der Waals surface area contributed by atoms with E-state index in [-0.39, 0.29) is 18.0 Å². The largest absolute Gasteiger partial charge is 0.488 e. The molecule has 0 heterocycles. The maximum Gasteiger partial charge on any atom is 0.266 e. The lowest BCUT2D eigenvalue weighted by molar-refractivity contribution is -0.112. The highest BCUT2D eigenvalue weighted by atomic mass is 79.9. The number of nitrogens with one attached hydrogen (secondary N) is 1. The van der Waals surface area contributed by atoms with Crippen LogP contribution in [0.1, 0.15) is 22.3 Å². The van der Waals surface area contributed by atoms with Crippen LogP contribution in [-0.2, 0) is 11.4 Å². The van der Waals surface area contributed by atoms with E-state index in [1.165, 1.54) is 18.2 Å². The van der Waals surface area contributed by atoms with Crippen molar-refractivity contribution < 1.29 is 13.9 Å². The average Bonchev–Trinajstić information content (AvgIpc) is 2.74. The van der Waals surface area contributed by atoms with Gasteiger partial charge in [-0.1, -0.05) is 40.2 Å². The molecule has 156 valence electrons. The van der Waals surface area contributed by atoms with Crippen LogP contribution in [-0.4, -0.2) is 5.91 Å². The molecule has 0 aliphatic heterocycles. The van der Waals surface area contributed by atoms with Crippen LogP contribution in [0.25, 0.3) is 6.08 Å². The lowest BCUT2D eigenvalue weighted by Crippen LogP contribution is -2.14. The first-order valence-corrected chi connectivity index (χ1v) is 10.3. The summed E-state index contributed by atoms with van der Waals surface area (Å²) < 4.78 is 20.0. The van der Waals surface area contributed by atoms with Crippen LogP contribution in [0, 0.1) is 31.0 Å². The molecule has 6 heteroatoms. The molecule has 3 rings (SSSR count). The zero-order chi connectivity index (χ0) is 22.4. The SMILES string of the molecule is Cc1cccc(NC(=O)/C(C#N)=C/c2cc(Br)ccc2OCc2cccc(F)c2)c1C. The van der Waals surface area contributed by atoms with E-state index in [0.29, 0.717) is 22.6 Å². The number of anilines is 1. The fourth-order valence-electron chi connectivity index (χ4n) is 2.93. The molecule has 0 unspecified atom stereocenters. The van der Waals surface area contributed by atoms with Gasteiger partial charge in [-0.3, -0.25) is 4.79 Å². The van der Waals surface area contributed by atoms with Crippen molar-refractivity contribution in [3.63, 3.8) is 0 Å². The number of ether oxygens (including phenoxy) is 1. The number of amides is 1. The number of carbonyl (C=O) groups excluding carboxylic acids is 1. The van der Waals surface area contributed by atoms with Gasteiger partial charge in [0.05, 0.1) is 0 Å². The number of nitriles is 1. The third-order valence-electron chi connectivity index (χ3n) is 4.77. The summed E-state index contributed by atoms with van der Waals surface area (Å²) in [6, 6.07) is 19.0. The molecule has 3 aromatic rings. The topological polar surface area (TPSA) is 62.1 Å². The maximum absolute atomic E-state index is 13.4. The summed E-state index contributed by atoms with van der Waals surface area (Å²) in [6.07, 6.45) is 1.48. The molecule has 0 atom stereocenters. The Morgan fingerprint density at radius 3 is 2.68 bits per heavy atom. The van der Waals surface area contributed by atoms with Gasteiger partial charge < -0.3 is 10.1 Å². The van der Waals surface area contributed by atoms with Gasteiger partial charge in [0.1, 0.15) is 29.8 Å². The molecule has 0 bridgehead atoms. The molecule has 0 saturated heterocycles. The average molecular weight is 479 g/mol. The molecule has 0 radical (unpaired) electrons. The van der Waals surface area contributed by atoms with E-state index < -0.39 is 5.91 Å². The van der Waals surface area contributed by atoms with Gasteiger partial charge in [-0.2, -0.15) is 5.26 Å². The van der Waals surface area contributed by atoms with Gasteiger partial charge >= 0.3 is 0 Å². The minimum absolute atomic E-state index is 0.0605. The molecule has 0 aromatic heterocycles. The quantitative estimate of drug-likeness (QED) is 0.332. The molecule has 31 heavy (non-hydrogen) atoms. The van der Waals surface area contributed by atoms with Crippen molar-refractivity contribution in [1.82, 2.24) is 0 Å². The molecule has 0 spiro atoms. The summed E-state index contributed by atoms with van der Waals surface area (Å²) in [4.78, 5) is 12.7. The van der Waals surface area contributed by atoms with Crippen molar-refractivity contribution in [2.45, 2.75) is 20.5 Å². The molecular formula is C25H20BrFN2O2. The van der Waals surface area contributed by atoms with E-state index in [1.54, 1.807) is 36.4 Å². The Morgan fingerprint density at radius 1 is 1.16 bits per heavy atom. The Bertz CT molecular complexity index is 1200. The van der Waals surface area contributed by atoms with E-state index in [9.17, 15) is 14.4 Å². The van der Waals surface area contributed by atoms with Crippen LogP contribution in [0.4, 0.5) is 10.1 Å². The number of aryl methyl sites for hydroxylation is 1. The molecule has 1 N–H and O–H groups in total. The fourth-order valence-corrected chi connectivity index (χ4v) is 3.31. The van der Waals surface area contributed by atoms with Crippen LogP contribution >= 0.6 is 15.9 Å². The molecule has 0 fully saturated rings. The molecule has 3 aromatic carbocycles. The summed E-state index contributed by atoms with van der Waals surface area (Å²) >= 11 is 3.40. The first-order chi connectivity index (χ1) is 14.9. The van der Waals surface area contributed by atoms with Crippen molar-refractivity contribution in [2.75, 3.05) is 5.32 Å². The second-order valence-corrected chi connectivity index (χ2v) is 7.89. The molecule has 1 amide bonds. The molecular weight excluding hydrogens is 459 g/mol. The number of nitrogens with zero attached hydrogens (tertiary/aromatic N) is 1. The fraction of sp³-hybridized carbons (Fsp3) is 0.120. The highest BCUT2D eigenvalue weighted by Crippen LogP contribution is 2.27. The number of rotatable bonds is 6. The van der Waals surface area contributed by atoms with Gasteiger partial charge in [0.15, 0.2) is 0 Å². The van der Waals surface area contributed by atoms with Gasteiger partial charge in [-0.25, -0.2) is 4.39 Å². The van der Waals surface area contributed by atoms with Crippen LogP contribution < -0.4 is 10.1 Å². The maximum atomic E-state index is 13.4. The van der Waals surface area contributed by atoms with Gasteiger partial charge in [0.2, 0.25) is 0 Å². The summed E-state index contributed by atoms with van der Waals surface area (Å²) in [7, 11) is 0. The third kappa shape index (κ3) is 5.80. The van der Waals surface area contributed by atoms with E-state index in [2.05, 4.69) is 21.2 Å². The van der Waals surface area contributed by atoms with Crippen molar-refractivity contribution in [3.8, 4) is 11.8 Å². The van der Waals surface area contributed by atoms with Crippen LogP contribution in [0.5, 0.6) is 5.75 Å². The Morgan fingerprint density at radius 2 is 1.94 bits per heavy atom. The van der Waals surface area contributed by atoms with Gasteiger partial charge in [-0.15, -0.1) is 0 Å². The van der Waals surface area contributed by atoms with E-state index in [1.807, 2.05) is 32.0 Å². The standard InChI is InChI=1S/C25H20BrFN2O2/c1-16-5-3-8-23(17(16)2)29-25(30)20(14-28)12-19-13-21(26)9-10-24(19)31-15-18-6-4-7-22(27)11-18/h3-13H,15H2,1-2H3,(H,29,30)/b20-12+. The number of hydrogen-bond acceptors (Lipinski definition) is 3. The molecule has 0 saturated carbocycles. The van der Waals surface area contributed by atoms with Gasteiger partial charge in [0.25, 0.3) is 5.91 Å². The van der Waals surface area contributed by atoms with Crippen molar-refractivity contribution in [1.29, 1.82) is 5.26 Å². The second-order valence-electron chi connectivity index (χ2n) is 6.97. The first kappa shape index (κ1) is 22.3. The first-order valence-electron chi connectivity index (χ1n) is 9.53. The van der Waals surface area contributed by atoms with E-state index in [0.717, 1.165) is 15.6 Å². The van der Waals surface area contributed by atoms with Crippen molar-refractivity contribution >= 4 is 33.6 Å². The Balaban J connectivity index is 1.85. The summed E-state index contributed by atoms with van der Waals surface area (Å²) in [6.45, 7) is 4.01. The summed E-state index contributed by atoms with van der Waals surface area (Å²) in [5.41, 5.74) is 3.80. The Hall–Kier alpha value is -3.43. The number of hydrogen-bond donors (Lipinski definition) is 1. The Labute approximate surface area is 189 Å². The highest BCUT2D eigenvalue weighted by Gasteiger charge is 2.13. The number of benzene rings is 3. The molecule has 0 aliphatic carbocycles. The minimum Gasteiger partial charge on any atom is -0.488 e. The highest BCUT2D eigenvalue weighted by molar-refractivity contribution is 9.10. The normalized spacial score (nSPS) is 11.0. The zero-order valence-electron chi connectivity index (χ0n) is 17.1. The predicted molar refractivity (Wildman–Crippen MR) is 123 cm³/mol. The smallest absolute Gasteiger partial charge is 0.266 e. The van der Waals surface area contributed by atoms with Crippen LogP contribution in [0.3, 0.4) is 0 Å². The van der Waals surface area contributed by atoms with Gasteiger partial charge in [0, 0.05) is 15.7 Å². The van der Waals surface area contributed by atoms with Gasteiger partial charge in [-0.05, 0) is 73.0 Å². The monoisotopic (exact) mass is 478 g/mol. The summed E-state index contributed by atoms with van der Waals surface area (Å²) in [5.74, 6) is -0.376. The van der Waals surface area contributed by atoms with E-state index in [4.69, 9.17) is 4.74 Å². The van der Waals surface area contributed by atoms with Crippen LogP contribution in [0.2, 0.25) is 0 Å². The lowest BCUT2D eigenvalue weighted by atomic mass is 10.1. The van der Waals surface area contributed by atoms with Crippen molar-refractivity contribution in [2.24, 2.45) is 0 Å². The van der Waals surface area contributed by atoms with E-state index >= 15 is 0 Å². The lowest BCUT2D eigenvalue weighted by Gasteiger charge is -2.12. The minimum atomic E-state index is -0.507. The van der Waals surface area contributed by atoms with Crippen LogP contribution in [0.15, 0.2) is 70.7 Å². The zero-order valence-corrected chi connectivity index (χ0v) is 18.7. The second kappa shape index (κ2) is 10.1. The predicted octanol–water partition coefficient (Wildman–Crippen LogP) is 6.33. The summed E-state index contributed by atoms with van der Waals surface area (Å²) in [5, 5.41) is 12.4. The number of carbonyl (C=O) groups is 1. The number of halogens is 2.